The summed E-state index contributed by atoms with van der Waals surface area (Å²) in [7, 11) is 0. The van der Waals surface area contributed by atoms with Gasteiger partial charge in [0.05, 0.1) is 6.54 Å². The van der Waals surface area contributed by atoms with Gasteiger partial charge in [0, 0.05) is 6.61 Å². The SMILES string of the molecule is CC(CCO)CNCC(=O)NCC(F)(F)F. The molecule has 0 aromatic rings. The summed E-state index contributed by atoms with van der Waals surface area (Å²) in [5, 5.41) is 13.1. The molecule has 7 heteroatoms. The molecule has 0 saturated heterocycles. The number of hydrogen-bond acceptors (Lipinski definition) is 3. The average molecular weight is 242 g/mol. The van der Waals surface area contributed by atoms with Gasteiger partial charge in [0.2, 0.25) is 5.91 Å². The van der Waals surface area contributed by atoms with Crippen molar-refractivity contribution in [3.8, 4) is 0 Å². The quantitative estimate of drug-likeness (QED) is 0.600. The van der Waals surface area contributed by atoms with Crippen LogP contribution in [0.1, 0.15) is 13.3 Å². The number of alkyl halides is 3. The van der Waals surface area contributed by atoms with Crippen LogP contribution in [0.2, 0.25) is 0 Å². The molecule has 0 aliphatic rings. The van der Waals surface area contributed by atoms with Crippen LogP contribution in [0.25, 0.3) is 0 Å². The maximum absolute atomic E-state index is 11.7. The lowest BCUT2D eigenvalue weighted by Gasteiger charge is -2.11. The monoisotopic (exact) mass is 242 g/mol. The molecule has 16 heavy (non-hydrogen) atoms. The van der Waals surface area contributed by atoms with Crippen molar-refractivity contribution < 1.29 is 23.1 Å². The zero-order chi connectivity index (χ0) is 12.6. The Kier molecular flexibility index (Phi) is 7.07. The van der Waals surface area contributed by atoms with Gasteiger partial charge in [-0.2, -0.15) is 13.2 Å². The van der Waals surface area contributed by atoms with Crippen LogP contribution in [-0.2, 0) is 4.79 Å². The molecule has 1 amide bonds. The van der Waals surface area contributed by atoms with Gasteiger partial charge in [-0.3, -0.25) is 4.79 Å². The van der Waals surface area contributed by atoms with Crippen LogP contribution in [0.15, 0.2) is 0 Å². The number of nitrogens with one attached hydrogen (secondary N) is 2. The molecular formula is C9H17F3N2O2. The van der Waals surface area contributed by atoms with E-state index in [2.05, 4.69) is 5.32 Å². The highest BCUT2D eigenvalue weighted by Gasteiger charge is 2.27. The highest BCUT2D eigenvalue weighted by atomic mass is 19.4. The fourth-order valence-electron chi connectivity index (χ4n) is 1.02. The maximum Gasteiger partial charge on any atom is 0.405 e. The van der Waals surface area contributed by atoms with Crippen LogP contribution in [0.5, 0.6) is 0 Å². The summed E-state index contributed by atoms with van der Waals surface area (Å²) in [6, 6.07) is 0. The number of rotatable bonds is 7. The molecule has 0 rings (SSSR count). The summed E-state index contributed by atoms with van der Waals surface area (Å²) in [4.78, 5) is 10.9. The van der Waals surface area contributed by atoms with E-state index >= 15 is 0 Å². The maximum atomic E-state index is 11.7. The second-order valence-corrected chi connectivity index (χ2v) is 3.64. The Morgan fingerprint density at radius 1 is 1.44 bits per heavy atom. The van der Waals surface area contributed by atoms with Crippen molar-refractivity contribution in [2.24, 2.45) is 5.92 Å². The third-order valence-corrected chi connectivity index (χ3v) is 1.89. The molecule has 4 nitrogen and oxygen atoms in total. The molecule has 0 bridgehead atoms. The number of halogens is 3. The second kappa shape index (κ2) is 7.45. The van der Waals surface area contributed by atoms with E-state index in [-0.39, 0.29) is 19.1 Å². The number of aliphatic hydroxyl groups excluding tert-OH is 1. The Labute approximate surface area is 92.2 Å². The van der Waals surface area contributed by atoms with Crippen molar-refractivity contribution in [3.63, 3.8) is 0 Å². The number of carbonyl (C=O) groups is 1. The third-order valence-electron chi connectivity index (χ3n) is 1.89. The van der Waals surface area contributed by atoms with Crippen molar-refractivity contribution in [2.45, 2.75) is 19.5 Å². The lowest BCUT2D eigenvalue weighted by molar-refractivity contribution is -0.137. The van der Waals surface area contributed by atoms with Gasteiger partial charge in [-0.1, -0.05) is 6.92 Å². The molecule has 0 aromatic heterocycles. The Morgan fingerprint density at radius 2 is 2.06 bits per heavy atom. The standard InChI is InChI=1S/C9H17F3N2O2/c1-7(2-3-15)4-13-5-8(16)14-6-9(10,11)12/h7,13,15H,2-6H2,1H3,(H,14,16). The van der Waals surface area contributed by atoms with Crippen LogP contribution >= 0.6 is 0 Å². The van der Waals surface area contributed by atoms with E-state index < -0.39 is 18.6 Å². The van der Waals surface area contributed by atoms with Gasteiger partial charge >= 0.3 is 6.18 Å². The zero-order valence-corrected chi connectivity index (χ0v) is 9.10. The lowest BCUT2D eigenvalue weighted by atomic mass is 10.1. The van der Waals surface area contributed by atoms with Gasteiger partial charge in [0.15, 0.2) is 0 Å². The van der Waals surface area contributed by atoms with E-state index in [0.717, 1.165) is 0 Å². The third kappa shape index (κ3) is 9.72. The van der Waals surface area contributed by atoms with E-state index in [1.165, 1.54) is 0 Å². The summed E-state index contributed by atoms with van der Waals surface area (Å²) in [5.74, 6) is -0.506. The van der Waals surface area contributed by atoms with E-state index in [4.69, 9.17) is 5.11 Å². The first-order valence-electron chi connectivity index (χ1n) is 5.00. The van der Waals surface area contributed by atoms with E-state index in [1.54, 1.807) is 5.32 Å². The number of amides is 1. The lowest BCUT2D eigenvalue weighted by Crippen LogP contribution is -2.40. The predicted molar refractivity (Wildman–Crippen MR) is 52.8 cm³/mol. The summed E-state index contributed by atoms with van der Waals surface area (Å²) >= 11 is 0. The molecule has 1 unspecified atom stereocenters. The largest absolute Gasteiger partial charge is 0.405 e. The molecule has 96 valence electrons. The van der Waals surface area contributed by atoms with Gasteiger partial charge in [-0.15, -0.1) is 0 Å². The molecule has 0 spiro atoms. The normalized spacial score (nSPS) is 13.6. The van der Waals surface area contributed by atoms with Crippen molar-refractivity contribution in [1.82, 2.24) is 10.6 Å². The predicted octanol–water partition coefficient (Wildman–Crippen LogP) is 0.273. The highest BCUT2D eigenvalue weighted by Crippen LogP contribution is 2.11. The Balaban J connectivity index is 3.51. The summed E-state index contributed by atoms with van der Waals surface area (Å²) in [5.41, 5.74) is 0. The van der Waals surface area contributed by atoms with Crippen molar-refractivity contribution in [3.05, 3.63) is 0 Å². The van der Waals surface area contributed by atoms with Crippen molar-refractivity contribution in [2.75, 3.05) is 26.2 Å². The molecule has 0 saturated carbocycles. The molecule has 0 aliphatic carbocycles. The van der Waals surface area contributed by atoms with Crippen LogP contribution in [-0.4, -0.2) is 43.4 Å². The Morgan fingerprint density at radius 3 is 2.56 bits per heavy atom. The summed E-state index contributed by atoms with van der Waals surface area (Å²) in [6.45, 7) is 0.964. The smallest absolute Gasteiger partial charge is 0.396 e. The summed E-state index contributed by atoms with van der Waals surface area (Å²) < 4.78 is 35.1. The number of hydrogen-bond donors (Lipinski definition) is 3. The molecule has 0 radical (unpaired) electrons. The average Bonchev–Trinajstić information content (AvgIpc) is 2.14. The topological polar surface area (TPSA) is 61.4 Å². The molecule has 0 aliphatic heterocycles. The van der Waals surface area contributed by atoms with Crippen LogP contribution < -0.4 is 10.6 Å². The number of carbonyl (C=O) groups excluding carboxylic acids is 1. The fraction of sp³-hybridized carbons (Fsp3) is 0.889. The number of aliphatic hydroxyl groups is 1. The van der Waals surface area contributed by atoms with Gasteiger partial charge < -0.3 is 15.7 Å². The first-order chi connectivity index (χ1) is 7.35. The zero-order valence-electron chi connectivity index (χ0n) is 9.10. The van der Waals surface area contributed by atoms with Crippen LogP contribution in [0.3, 0.4) is 0 Å². The Hall–Kier alpha value is -0.820. The van der Waals surface area contributed by atoms with Crippen LogP contribution in [0, 0.1) is 5.92 Å². The second-order valence-electron chi connectivity index (χ2n) is 3.64. The molecule has 1 atom stereocenters. The van der Waals surface area contributed by atoms with Crippen molar-refractivity contribution in [1.29, 1.82) is 0 Å². The van der Waals surface area contributed by atoms with Gasteiger partial charge in [0.25, 0.3) is 0 Å². The van der Waals surface area contributed by atoms with E-state index in [1.807, 2.05) is 6.92 Å². The molecule has 3 N–H and O–H groups in total. The van der Waals surface area contributed by atoms with Crippen molar-refractivity contribution >= 4 is 5.91 Å². The van der Waals surface area contributed by atoms with Gasteiger partial charge in [-0.25, -0.2) is 0 Å². The minimum absolute atomic E-state index is 0.0586. The Bertz CT molecular complexity index is 209. The molecule has 0 heterocycles. The van der Waals surface area contributed by atoms with Gasteiger partial charge in [-0.05, 0) is 18.9 Å². The first-order valence-corrected chi connectivity index (χ1v) is 5.00. The fourth-order valence-corrected chi connectivity index (χ4v) is 1.02. The molecular weight excluding hydrogens is 225 g/mol. The van der Waals surface area contributed by atoms with Crippen LogP contribution in [0.4, 0.5) is 13.2 Å². The molecule has 0 aromatic carbocycles. The first kappa shape index (κ1) is 15.2. The van der Waals surface area contributed by atoms with E-state index in [0.29, 0.717) is 13.0 Å². The minimum atomic E-state index is -4.38. The molecule has 0 fully saturated rings. The highest BCUT2D eigenvalue weighted by molar-refractivity contribution is 5.77. The van der Waals surface area contributed by atoms with Gasteiger partial charge in [0.1, 0.15) is 6.54 Å². The summed E-state index contributed by atoms with van der Waals surface area (Å²) in [6.07, 6.45) is -3.78. The minimum Gasteiger partial charge on any atom is -0.396 e. The van der Waals surface area contributed by atoms with E-state index in [9.17, 15) is 18.0 Å².